The van der Waals surface area contributed by atoms with Crippen molar-refractivity contribution >= 4 is 0 Å². The first kappa shape index (κ1) is 12.0. The zero-order chi connectivity index (χ0) is 11.8. The van der Waals surface area contributed by atoms with E-state index < -0.39 is 0 Å². The van der Waals surface area contributed by atoms with E-state index in [1.54, 1.807) is 0 Å². The Morgan fingerprint density at radius 3 is 2.47 bits per heavy atom. The van der Waals surface area contributed by atoms with E-state index in [0.717, 1.165) is 30.3 Å². The summed E-state index contributed by atoms with van der Waals surface area (Å²) >= 11 is 0. The number of nitrogens with zero attached hydrogens (tertiary/aromatic N) is 1. The fourth-order valence-electron chi connectivity index (χ4n) is 4.27. The van der Waals surface area contributed by atoms with E-state index in [2.05, 4.69) is 11.8 Å². The molecule has 0 aromatic heterocycles. The van der Waals surface area contributed by atoms with Crippen LogP contribution in [-0.4, -0.2) is 30.1 Å². The van der Waals surface area contributed by atoms with Crippen LogP contribution in [0, 0.1) is 17.8 Å². The van der Waals surface area contributed by atoms with Crippen LogP contribution in [0.15, 0.2) is 0 Å². The molecule has 2 saturated carbocycles. The fraction of sp³-hybridized carbons (Fsp3) is 1.00. The van der Waals surface area contributed by atoms with Crippen molar-refractivity contribution in [1.29, 1.82) is 0 Å². The van der Waals surface area contributed by atoms with Crippen molar-refractivity contribution in [3.8, 4) is 0 Å². The summed E-state index contributed by atoms with van der Waals surface area (Å²) in [5.41, 5.74) is 6.19. The van der Waals surface area contributed by atoms with E-state index >= 15 is 0 Å². The van der Waals surface area contributed by atoms with Crippen LogP contribution in [0.4, 0.5) is 0 Å². The van der Waals surface area contributed by atoms with Crippen molar-refractivity contribution in [1.82, 2.24) is 4.90 Å². The van der Waals surface area contributed by atoms with Gasteiger partial charge in [0.15, 0.2) is 0 Å². The Kier molecular flexibility index (Phi) is 3.45. The molecule has 0 aromatic rings. The van der Waals surface area contributed by atoms with E-state index in [1.807, 2.05) is 0 Å². The number of hydrogen-bond donors (Lipinski definition) is 1. The summed E-state index contributed by atoms with van der Waals surface area (Å²) in [6.45, 7) is 4.83. The van der Waals surface area contributed by atoms with E-state index in [0.29, 0.717) is 6.04 Å². The summed E-state index contributed by atoms with van der Waals surface area (Å²) in [6.07, 6.45) is 10.2. The Bertz CT molecular complexity index is 252. The maximum Gasteiger partial charge on any atom is 0.0170 e. The smallest absolute Gasteiger partial charge is 0.0170 e. The number of hydrogen-bond acceptors (Lipinski definition) is 2. The molecule has 4 atom stereocenters. The van der Waals surface area contributed by atoms with Crippen molar-refractivity contribution in [3.63, 3.8) is 0 Å². The molecule has 0 bridgehead atoms. The maximum atomic E-state index is 6.19. The third kappa shape index (κ3) is 2.85. The number of piperidine rings is 1. The van der Waals surface area contributed by atoms with E-state index in [4.69, 9.17) is 5.73 Å². The lowest BCUT2D eigenvalue weighted by Crippen LogP contribution is -2.51. The van der Waals surface area contributed by atoms with Gasteiger partial charge in [-0.25, -0.2) is 0 Å². The summed E-state index contributed by atoms with van der Waals surface area (Å²) < 4.78 is 0. The number of rotatable bonds is 2. The van der Waals surface area contributed by atoms with Gasteiger partial charge >= 0.3 is 0 Å². The molecule has 0 spiro atoms. The van der Waals surface area contributed by atoms with Crippen molar-refractivity contribution in [3.05, 3.63) is 0 Å². The largest absolute Gasteiger partial charge is 0.327 e. The van der Waals surface area contributed by atoms with Gasteiger partial charge in [-0.1, -0.05) is 19.8 Å². The van der Waals surface area contributed by atoms with Crippen LogP contribution in [0.5, 0.6) is 0 Å². The number of nitrogens with two attached hydrogens (primary N) is 1. The third-order valence-corrected chi connectivity index (χ3v) is 5.21. The van der Waals surface area contributed by atoms with Crippen LogP contribution in [-0.2, 0) is 0 Å². The summed E-state index contributed by atoms with van der Waals surface area (Å²) in [7, 11) is 0. The van der Waals surface area contributed by atoms with E-state index in [-0.39, 0.29) is 0 Å². The standard InChI is InChI=1S/C15H28N2/c1-11-7-14(16)10-17(9-11)15-4-2-3-13(8-15)12-5-6-12/h11-15H,2-10,16H2,1H3. The van der Waals surface area contributed by atoms with Gasteiger partial charge in [-0.05, 0) is 49.9 Å². The predicted molar refractivity (Wildman–Crippen MR) is 71.8 cm³/mol. The van der Waals surface area contributed by atoms with Crippen LogP contribution in [0.3, 0.4) is 0 Å². The molecule has 2 heteroatoms. The Morgan fingerprint density at radius 1 is 0.941 bits per heavy atom. The first-order chi connectivity index (χ1) is 8.22. The van der Waals surface area contributed by atoms with Crippen molar-refractivity contribution in [2.24, 2.45) is 23.5 Å². The van der Waals surface area contributed by atoms with Crippen molar-refractivity contribution in [2.75, 3.05) is 13.1 Å². The third-order valence-electron chi connectivity index (χ3n) is 5.21. The zero-order valence-electron chi connectivity index (χ0n) is 11.3. The fourth-order valence-corrected chi connectivity index (χ4v) is 4.27. The van der Waals surface area contributed by atoms with Crippen molar-refractivity contribution in [2.45, 2.75) is 64.0 Å². The molecule has 2 aliphatic carbocycles. The molecule has 0 radical (unpaired) electrons. The Labute approximate surface area is 106 Å². The van der Waals surface area contributed by atoms with Crippen LogP contribution >= 0.6 is 0 Å². The average Bonchev–Trinajstić information content (AvgIpc) is 3.12. The second-order valence-electron chi connectivity index (χ2n) is 6.97. The first-order valence-electron chi connectivity index (χ1n) is 7.72. The lowest BCUT2D eigenvalue weighted by Gasteiger charge is -2.43. The molecule has 3 rings (SSSR count). The summed E-state index contributed by atoms with van der Waals surface area (Å²) in [5, 5.41) is 0. The molecule has 4 unspecified atom stereocenters. The molecule has 0 amide bonds. The molecule has 3 aliphatic rings. The van der Waals surface area contributed by atoms with Gasteiger partial charge in [0, 0.05) is 25.2 Å². The minimum Gasteiger partial charge on any atom is -0.327 e. The molecule has 3 fully saturated rings. The van der Waals surface area contributed by atoms with Gasteiger partial charge in [-0.2, -0.15) is 0 Å². The van der Waals surface area contributed by atoms with Gasteiger partial charge in [-0.3, -0.25) is 4.90 Å². The molecule has 0 aromatic carbocycles. The normalized spacial score (nSPS) is 44.8. The van der Waals surface area contributed by atoms with E-state index in [1.165, 1.54) is 51.5 Å². The van der Waals surface area contributed by atoms with Crippen LogP contribution in [0.2, 0.25) is 0 Å². The van der Waals surface area contributed by atoms with Crippen molar-refractivity contribution < 1.29 is 0 Å². The van der Waals surface area contributed by atoms with Gasteiger partial charge in [-0.15, -0.1) is 0 Å². The Hall–Kier alpha value is -0.0800. The highest BCUT2D eigenvalue weighted by atomic mass is 15.2. The minimum absolute atomic E-state index is 0.431. The zero-order valence-corrected chi connectivity index (χ0v) is 11.3. The highest BCUT2D eigenvalue weighted by Gasteiger charge is 2.37. The van der Waals surface area contributed by atoms with Crippen LogP contribution < -0.4 is 5.73 Å². The molecule has 98 valence electrons. The summed E-state index contributed by atoms with van der Waals surface area (Å²) in [5.74, 6) is 2.97. The lowest BCUT2D eigenvalue weighted by molar-refractivity contribution is 0.0732. The summed E-state index contributed by atoms with van der Waals surface area (Å²) in [6, 6.07) is 1.29. The molecule has 17 heavy (non-hydrogen) atoms. The minimum atomic E-state index is 0.431. The predicted octanol–water partition coefficient (Wildman–Crippen LogP) is 2.62. The van der Waals surface area contributed by atoms with Crippen LogP contribution in [0.25, 0.3) is 0 Å². The van der Waals surface area contributed by atoms with Gasteiger partial charge in [0.05, 0.1) is 0 Å². The molecule has 2 nitrogen and oxygen atoms in total. The molecular weight excluding hydrogens is 208 g/mol. The average molecular weight is 236 g/mol. The van der Waals surface area contributed by atoms with Gasteiger partial charge in [0.2, 0.25) is 0 Å². The summed E-state index contributed by atoms with van der Waals surface area (Å²) in [4.78, 5) is 2.73. The van der Waals surface area contributed by atoms with E-state index in [9.17, 15) is 0 Å². The quantitative estimate of drug-likeness (QED) is 0.798. The monoisotopic (exact) mass is 236 g/mol. The molecular formula is C15H28N2. The topological polar surface area (TPSA) is 29.3 Å². The van der Waals surface area contributed by atoms with Gasteiger partial charge in [0.1, 0.15) is 0 Å². The molecule has 1 aliphatic heterocycles. The highest BCUT2D eigenvalue weighted by molar-refractivity contribution is 4.91. The molecule has 2 N–H and O–H groups in total. The molecule has 1 saturated heterocycles. The second kappa shape index (κ2) is 4.89. The first-order valence-corrected chi connectivity index (χ1v) is 7.72. The Balaban J connectivity index is 1.58. The number of likely N-dealkylation sites (tertiary alicyclic amines) is 1. The van der Waals surface area contributed by atoms with Crippen LogP contribution in [0.1, 0.15) is 51.9 Å². The lowest BCUT2D eigenvalue weighted by atomic mass is 9.81. The Morgan fingerprint density at radius 2 is 1.76 bits per heavy atom. The van der Waals surface area contributed by atoms with Gasteiger partial charge in [0.25, 0.3) is 0 Å². The SMILES string of the molecule is CC1CC(N)CN(C2CCCC(C3CC3)C2)C1. The highest BCUT2D eigenvalue weighted by Crippen LogP contribution is 2.45. The molecule has 1 heterocycles. The van der Waals surface area contributed by atoms with Gasteiger partial charge < -0.3 is 5.73 Å². The maximum absolute atomic E-state index is 6.19. The second-order valence-corrected chi connectivity index (χ2v) is 6.97.